The molecule has 0 aliphatic rings. The van der Waals surface area contributed by atoms with Crippen LogP contribution in [-0.2, 0) is 9.59 Å². The van der Waals surface area contributed by atoms with Crippen molar-refractivity contribution in [3.05, 3.63) is 29.3 Å². The highest BCUT2D eigenvalue weighted by atomic mass is 16.2. The van der Waals surface area contributed by atoms with Crippen molar-refractivity contribution in [1.82, 2.24) is 9.80 Å². The first-order valence-corrected chi connectivity index (χ1v) is 8.95. The maximum Gasteiger partial charge on any atom is 0.243 e. The fraction of sp³-hybridized carbons (Fsp3) is 0.600. The lowest BCUT2D eigenvalue weighted by Crippen LogP contribution is -2.45. The number of hydrogen-bond donors (Lipinski definition) is 1. The van der Waals surface area contributed by atoms with Gasteiger partial charge in [0.25, 0.3) is 0 Å². The van der Waals surface area contributed by atoms with Crippen molar-refractivity contribution in [2.24, 2.45) is 5.92 Å². The number of benzene rings is 1. The number of anilines is 1. The van der Waals surface area contributed by atoms with Crippen LogP contribution in [0.2, 0.25) is 0 Å². The van der Waals surface area contributed by atoms with Gasteiger partial charge in [-0.3, -0.25) is 14.5 Å². The first kappa shape index (κ1) is 21.2. The highest BCUT2D eigenvalue weighted by Gasteiger charge is 2.19. The number of para-hydroxylation sites is 1. The normalized spacial score (nSPS) is 11.3. The molecular weight excluding hydrogens is 314 g/mol. The summed E-state index contributed by atoms with van der Waals surface area (Å²) in [5, 5.41) is 2.93. The summed E-state index contributed by atoms with van der Waals surface area (Å²) in [5.74, 6) is 0.284. The predicted octanol–water partition coefficient (Wildman–Crippen LogP) is 3.07. The molecule has 1 rings (SSSR count). The van der Waals surface area contributed by atoms with Crippen molar-refractivity contribution >= 4 is 17.5 Å². The highest BCUT2D eigenvalue weighted by molar-refractivity contribution is 5.95. The van der Waals surface area contributed by atoms with Gasteiger partial charge in [0, 0.05) is 25.3 Å². The minimum absolute atomic E-state index is 0.0361. The van der Waals surface area contributed by atoms with E-state index in [2.05, 4.69) is 37.9 Å². The minimum atomic E-state index is -0.173. The number of rotatable bonds is 8. The molecule has 0 unspecified atom stereocenters. The van der Waals surface area contributed by atoms with E-state index in [0.717, 1.165) is 23.4 Å². The molecule has 0 aliphatic heterocycles. The van der Waals surface area contributed by atoms with Gasteiger partial charge in [-0.1, -0.05) is 32.0 Å². The van der Waals surface area contributed by atoms with Gasteiger partial charge in [-0.15, -0.1) is 0 Å². The fourth-order valence-corrected chi connectivity index (χ4v) is 2.72. The average molecular weight is 348 g/mol. The maximum atomic E-state index is 12.5. The molecule has 1 aromatic rings. The molecule has 140 valence electrons. The van der Waals surface area contributed by atoms with Crippen LogP contribution >= 0.6 is 0 Å². The second-order valence-corrected chi connectivity index (χ2v) is 7.48. The summed E-state index contributed by atoms with van der Waals surface area (Å²) in [5.41, 5.74) is 2.87. The highest BCUT2D eigenvalue weighted by Crippen LogP contribution is 2.19. The molecule has 0 radical (unpaired) electrons. The van der Waals surface area contributed by atoms with Crippen molar-refractivity contribution in [1.29, 1.82) is 0 Å². The van der Waals surface area contributed by atoms with E-state index in [1.165, 1.54) is 4.90 Å². The summed E-state index contributed by atoms with van der Waals surface area (Å²) in [6.07, 6.45) is 0. The monoisotopic (exact) mass is 347 g/mol. The molecule has 0 saturated heterocycles. The lowest BCUT2D eigenvalue weighted by atomic mass is 10.1. The summed E-state index contributed by atoms with van der Waals surface area (Å²) in [6.45, 7) is 13.6. The first-order valence-electron chi connectivity index (χ1n) is 8.95. The molecule has 0 fully saturated rings. The summed E-state index contributed by atoms with van der Waals surface area (Å²) >= 11 is 0. The van der Waals surface area contributed by atoms with E-state index in [1.54, 1.807) is 7.05 Å². The van der Waals surface area contributed by atoms with E-state index in [9.17, 15) is 9.59 Å². The Balaban J connectivity index is 2.63. The molecular formula is C20H33N3O2. The molecule has 1 N–H and O–H groups in total. The van der Waals surface area contributed by atoms with Gasteiger partial charge in [0.15, 0.2) is 0 Å². The van der Waals surface area contributed by atoms with Crippen molar-refractivity contribution in [3.63, 3.8) is 0 Å². The Labute approximate surface area is 152 Å². The molecule has 25 heavy (non-hydrogen) atoms. The van der Waals surface area contributed by atoms with Crippen molar-refractivity contribution in [2.75, 3.05) is 32.0 Å². The summed E-state index contributed by atoms with van der Waals surface area (Å²) in [6, 6.07) is 6.18. The van der Waals surface area contributed by atoms with Crippen LogP contribution in [-0.4, -0.2) is 54.3 Å². The van der Waals surface area contributed by atoms with Crippen LogP contribution < -0.4 is 5.32 Å². The zero-order chi connectivity index (χ0) is 19.1. The summed E-state index contributed by atoms with van der Waals surface area (Å²) < 4.78 is 0. The second-order valence-electron chi connectivity index (χ2n) is 7.48. The van der Waals surface area contributed by atoms with Gasteiger partial charge < -0.3 is 10.2 Å². The van der Waals surface area contributed by atoms with Gasteiger partial charge >= 0.3 is 0 Å². The number of hydrogen-bond acceptors (Lipinski definition) is 3. The van der Waals surface area contributed by atoms with Crippen LogP contribution in [0.4, 0.5) is 5.69 Å². The van der Waals surface area contributed by atoms with Crippen LogP contribution in [0.3, 0.4) is 0 Å². The van der Waals surface area contributed by atoms with Crippen LogP contribution in [0, 0.1) is 19.8 Å². The fourth-order valence-electron chi connectivity index (χ4n) is 2.72. The zero-order valence-electron chi connectivity index (χ0n) is 16.7. The molecule has 0 heterocycles. The number of nitrogens with zero attached hydrogens (tertiary/aromatic N) is 2. The average Bonchev–Trinajstić information content (AvgIpc) is 2.49. The number of nitrogens with one attached hydrogen (secondary N) is 1. The smallest absolute Gasteiger partial charge is 0.243 e. The third-order valence-electron chi connectivity index (χ3n) is 4.22. The number of carbonyl (C=O) groups excluding carboxylic acids is 2. The van der Waals surface area contributed by atoms with Gasteiger partial charge in [-0.25, -0.2) is 0 Å². The molecule has 5 nitrogen and oxygen atoms in total. The second kappa shape index (κ2) is 9.56. The largest absolute Gasteiger partial charge is 0.335 e. The van der Waals surface area contributed by atoms with E-state index in [0.29, 0.717) is 18.5 Å². The molecule has 1 aromatic carbocycles. The van der Waals surface area contributed by atoms with E-state index in [4.69, 9.17) is 0 Å². The van der Waals surface area contributed by atoms with Crippen LogP contribution in [0.5, 0.6) is 0 Å². The number of aryl methyl sites for hydroxylation is 2. The van der Waals surface area contributed by atoms with Crippen molar-refractivity contribution < 1.29 is 9.59 Å². The molecule has 0 saturated carbocycles. The Hall–Kier alpha value is -1.88. The first-order chi connectivity index (χ1) is 11.6. The Kier molecular flexibility index (Phi) is 8.10. The van der Waals surface area contributed by atoms with Crippen molar-refractivity contribution in [3.8, 4) is 0 Å². The van der Waals surface area contributed by atoms with Gasteiger partial charge in [0.2, 0.25) is 11.8 Å². The Bertz CT molecular complexity index is 576. The maximum absolute atomic E-state index is 12.5. The number of amides is 2. The van der Waals surface area contributed by atoms with E-state index in [1.807, 2.05) is 32.0 Å². The van der Waals surface area contributed by atoms with Crippen LogP contribution in [0.25, 0.3) is 0 Å². The van der Waals surface area contributed by atoms with E-state index in [-0.39, 0.29) is 18.4 Å². The topological polar surface area (TPSA) is 52.7 Å². The third kappa shape index (κ3) is 6.86. The molecule has 2 amide bonds. The molecule has 5 heteroatoms. The lowest BCUT2D eigenvalue weighted by Gasteiger charge is -2.29. The Morgan fingerprint density at radius 2 is 1.60 bits per heavy atom. The van der Waals surface area contributed by atoms with Crippen LogP contribution in [0.1, 0.15) is 38.8 Å². The molecule has 0 bridgehead atoms. The summed E-state index contributed by atoms with van der Waals surface area (Å²) in [4.78, 5) is 28.4. The Morgan fingerprint density at radius 1 is 1.04 bits per heavy atom. The number of likely N-dealkylation sites (N-methyl/N-ethyl adjacent to an activating group) is 1. The standard InChI is InChI=1S/C20H33N3O2/c1-14(2)11-23(15(3)4)13-19(25)22(7)12-18(24)21-20-16(5)9-8-10-17(20)6/h8-10,14-15H,11-13H2,1-7H3,(H,21,24). The SMILES string of the molecule is Cc1cccc(C)c1NC(=O)CN(C)C(=O)CN(CC(C)C)C(C)C. The summed E-state index contributed by atoms with van der Waals surface area (Å²) in [7, 11) is 1.68. The van der Waals surface area contributed by atoms with Gasteiger partial charge in [-0.05, 0) is 44.7 Å². The molecule has 0 atom stereocenters. The van der Waals surface area contributed by atoms with Gasteiger partial charge in [0.05, 0.1) is 13.1 Å². The van der Waals surface area contributed by atoms with Crippen molar-refractivity contribution in [2.45, 2.75) is 47.6 Å². The quantitative estimate of drug-likeness (QED) is 0.786. The third-order valence-corrected chi connectivity index (χ3v) is 4.22. The number of carbonyl (C=O) groups is 2. The zero-order valence-corrected chi connectivity index (χ0v) is 16.7. The Morgan fingerprint density at radius 3 is 2.08 bits per heavy atom. The van der Waals surface area contributed by atoms with Crippen LogP contribution in [0.15, 0.2) is 18.2 Å². The minimum Gasteiger partial charge on any atom is -0.335 e. The molecule has 0 spiro atoms. The molecule has 0 aliphatic carbocycles. The van der Waals surface area contributed by atoms with E-state index < -0.39 is 0 Å². The molecule has 0 aromatic heterocycles. The lowest BCUT2D eigenvalue weighted by molar-refractivity contribution is -0.134. The van der Waals surface area contributed by atoms with Gasteiger partial charge in [-0.2, -0.15) is 0 Å². The predicted molar refractivity (Wildman–Crippen MR) is 104 cm³/mol. The van der Waals surface area contributed by atoms with Gasteiger partial charge in [0.1, 0.15) is 0 Å². The van der Waals surface area contributed by atoms with E-state index >= 15 is 0 Å².